The lowest BCUT2D eigenvalue weighted by atomic mass is 10.0. The number of hydrogen-bond donors (Lipinski definition) is 2. The summed E-state index contributed by atoms with van der Waals surface area (Å²) in [5, 5.41) is 4.83. The molecule has 2 N–H and O–H groups in total. The molecule has 0 unspecified atom stereocenters. The maximum absolute atomic E-state index is 12.8. The van der Waals surface area contributed by atoms with Gasteiger partial charge in [-0.1, -0.05) is 23.7 Å². The van der Waals surface area contributed by atoms with E-state index in [4.69, 9.17) is 16.3 Å². The molecule has 1 saturated heterocycles. The van der Waals surface area contributed by atoms with Gasteiger partial charge in [0.05, 0.1) is 11.6 Å². The van der Waals surface area contributed by atoms with Crippen molar-refractivity contribution in [2.24, 2.45) is 0 Å². The van der Waals surface area contributed by atoms with E-state index in [0.29, 0.717) is 11.6 Å². The first-order valence-corrected chi connectivity index (χ1v) is 10.5. The average molecular weight is 412 g/mol. The van der Waals surface area contributed by atoms with Crippen LogP contribution in [0.1, 0.15) is 35.7 Å². The third kappa shape index (κ3) is 4.57. The SMILES string of the molecule is CCOc1cc(CN2CCC(NC(=O)c3cccc4[nH]ccc34)CC2)ccc1Cl. The fourth-order valence-corrected chi connectivity index (χ4v) is 4.12. The van der Waals surface area contributed by atoms with Crippen LogP contribution in [0.3, 0.4) is 0 Å². The number of ether oxygens (including phenoxy) is 1. The van der Waals surface area contributed by atoms with Crippen molar-refractivity contribution in [3.8, 4) is 5.75 Å². The van der Waals surface area contributed by atoms with E-state index in [9.17, 15) is 4.79 Å². The molecule has 0 atom stereocenters. The van der Waals surface area contributed by atoms with Crippen molar-refractivity contribution in [2.75, 3.05) is 19.7 Å². The second-order valence-corrected chi connectivity index (χ2v) is 7.87. The first kappa shape index (κ1) is 19.8. The Balaban J connectivity index is 1.32. The van der Waals surface area contributed by atoms with Crippen LogP contribution in [0.5, 0.6) is 5.75 Å². The molecule has 0 spiro atoms. The summed E-state index contributed by atoms with van der Waals surface area (Å²) in [6.45, 7) is 5.32. The van der Waals surface area contributed by atoms with Crippen molar-refractivity contribution in [1.29, 1.82) is 0 Å². The molecular weight excluding hydrogens is 386 g/mol. The van der Waals surface area contributed by atoms with Crippen LogP contribution in [-0.2, 0) is 6.54 Å². The summed E-state index contributed by atoms with van der Waals surface area (Å²) in [4.78, 5) is 18.3. The number of likely N-dealkylation sites (tertiary alicyclic amines) is 1. The Bertz CT molecular complexity index is 993. The van der Waals surface area contributed by atoms with E-state index >= 15 is 0 Å². The molecule has 29 heavy (non-hydrogen) atoms. The lowest BCUT2D eigenvalue weighted by molar-refractivity contribution is 0.0910. The fourth-order valence-electron chi connectivity index (χ4n) is 3.95. The zero-order chi connectivity index (χ0) is 20.2. The normalized spacial score (nSPS) is 15.5. The minimum Gasteiger partial charge on any atom is -0.492 e. The number of benzene rings is 2. The van der Waals surface area contributed by atoms with Gasteiger partial charge in [0, 0.05) is 48.3 Å². The Hall–Kier alpha value is -2.50. The van der Waals surface area contributed by atoms with Crippen molar-refractivity contribution < 1.29 is 9.53 Å². The summed E-state index contributed by atoms with van der Waals surface area (Å²) in [7, 11) is 0. The Morgan fingerprint density at radius 3 is 2.86 bits per heavy atom. The number of carbonyl (C=O) groups excluding carboxylic acids is 1. The predicted molar refractivity (Wildman–Crippen MR) is 117 cm³/mol. The van der Waals surface area contributed by atoms with Crippen LogP contribution < -0.4 is 10.1 Å². The molecule has 0 saturated carbocycles. The number of fused-ring (bicyclic) bond motifs is 1. The smallest absolute Gasteiger partial charge is 0.252 e. The maximum atomic E-state index is 12.8. The number of hydrogen-bond acceptors (Lipinski definition) is 3. The molecule has 6 heteroatoms. The van der Waals surface area contributed by atoms with Crippen LogP contribution in [-0.4, -0.2) is 41.5 Å². The monoisotopic (exact) mass is 411 g/mol. The van der Waals surface area contributed by atoms with Crippen molar-refractivity contribution in [2.45, 2.75) is 32.4 Å². The topological polar surface area (TPSA) is 57.4 Å². The molecule has 1 amide bonds. The van der Waals surface area contributed by atoms with Gasteiger partial charge >= 0.3 is 0 Å². The van der Waals surface area contributed by atoms with Crippen LogP contribution in [0, 0.1) is 0 Å². The summed E-state index contributed by atoms with van der Waals surface area (Å²) in [5.74, 6) is 0.750. The first-order valence-electron chi connectivity index (χ1n) is 10.1. The highest BCUT2D eigenvalue weighted by Crippen LogP contribution is 2.27. The molecule has 5 nitrogen and oxygen atoms in total. The highest BCUT2D eigenvalue weighted by molar-refractivity contribution is 6.32. The van der Waals surface area contributed by atoms with E-state index in [0.717, 1.165) is 54.7 Å². The number of carbonyl (C=O) groups is 1. The summed E-state index contributed by atoms with van der Waals surface area (Å²) in [6.07, 6.45) is 3.76. The number of rotatable bonds is 6. The number of nitrogens with zero attached hydrogens (tertiary/aromatic N) is 1. The lowest BCUT2D eigenvalue weighted by Gasteiger charge is -2.32. The van der Waals surface area contributed by atoms with Gasteiger partial charge in [-0.15, -0.1) is 0 Å². The van der Waals surface area contributed by atoms with E-state index < -0.39 is 0 Å². The van der Waals surface area contributed by atoms with E-state index in [-0.39, 0.29) is 11.9 Å². The second kappa shape index (κ2) is 8.89. The van der Waals surface area contributed by atoms with E-state index in [1.54, 1.807) is 0 Å². The Morgan fingerprint density at radius 2 is 2.07 bits per heavy atom. The van der Waals surface area contributed by atoms with Gasteiger partial charge in [0.1, 0.15) is 5.75 Å². The van der Waals surface area contributed by atoms with Gasteiger partial charge < -0.3 is 15.0 Å². The van der Waals surface area contributed by atoms with Crippen molar-refractivity contribution in [3.05, 3.63) is 64.8 Å². The van der Waals surface area contributed by atoms with E-state index in [2.05, 4.69) is 21.3 Å². The fraction of sp³-hybridized carbons (Fsp3) is 0.348. The molecular formula is C23H26ClN3O2. The average Bonchev–Trinajstić information content (AvgIpc) is 3.21. The van der Waals surface area contributed by atoms with Crippen molar-refractivity contribution in [1.82, 2.24) is 15.2 Å². The number of halogens is 1. The van der Waals surface area contributed by atoms with Crippen molar-refractivity contribution in [3.63, 3.8) is 0 Å². The zero-order valence-corrected chi connectivity index (χ0v) is 17.3. The standard InChI is InChI=1S/C23H26ClN3O2/c1-2-29-22-14-16(6-7-20(22)24)15-27-12-9-17(10-13-27)26-23(28)19-4-3-5-21-18(19)8-11-25-21/h3-8,11,14,17,25H,2,9-10,12-13,15H2,1H3,(H,26,28). The van der Waals surface area contributed by atoms with Crippen LogP contribution in [0.25, 0.3) is 10.9 Å². The molecule has 4 rings (SSSR count). The van der Waals surface area contributed by atoms with Gasteiger partial charge in [-0.3, -0.25) is 9.69 Å². The Morgan fingerprint density at radius 1 is 1.24 bits per heavy atom. The summed E-state index contributed by atoms with van der Waals surface area (Å²) >= 11 is 6.18. The second-order valence-electron chi connectivity index (χ2n) is 7.47. The van der Waals surface area contributed by atoms with Crippen LogP contribution >= 0.6 is 11.6 Å². The molecule has 0 aliphatic carbocycles. The molecule has 2 aromatic carbocycles. The highest BCUT2D eigenvalue weighted by atomic mass is 35.5. The zero-order valence-electron chi connectivity index (χ0n) is 16.6. The Labute approximate surface area is 176 Å². The molecule has 0 radical (unpaired) electrons. The molecule has 152 valence electrons. The number of piperidine rings is 1. The number of amides is 1. The summed E-state index contributed by atoms with van der Waals surface area (Å²) < 4.78 is 5.59. The lowest BCUT2D eigenvalue weighted by Crippen LogP contribution is -2.44. The molecule has 0 bridgehead atoms. The molecule has 3 aromatic rings. The number of aromatic amines is 1. The van der Waals surface area contributed by atoms with Gasteiger partial charge in [0.25, 0.3) is 5.91 Å². The Kier molecular flexibility index (Phi) is 6.07. The maximum Gasteiger partial charge on any atom is 0.252 e. The minimum absolute atomic E-state index is 0.00714. The van der Waals surface area contributed by atoms with Crippen LogP contribution in [0.15, 0.2) is 48.7 Å². The van der Waals surface area contributed by atoms with Crippen LogP contribution in [0.4, 0.5) is 0 Å². The predicted octanol–water partition coefficient (Wildman–Crippen LogP) is 4.61. The largest absolute Gasteiger partial charge is 0.492 e. The van der Waals surface area contributed by atoms with E-state index in [1.165, 1.54) is 5.56 Å². The number of H-pyrrole nitrogens is 1. The molecule has 1 aromatic heterocycles. The van der Waals surface area contributed by atoms with E-state index in [1.807, 2.05) is 49.5 Å². The van der Waals surface area contributed by atoms with Gasteiger partial charge in [-0.25, -0.2) is 0 Å². The highest BCUT2D eigenvalue weighted by Gasteiger charge is 2.22. The number of aromatic nitrogens is 1. The minimum atomic E-state index is 0.00714. The number of nitrogens with one attached hydrogen (secondary N) is 2. The van der Waals surface area contributed by atoms with Crippen LogP contribution in [0.2, 0.25) is 5.02 Å². The summed E-state index contributed by atoms with van der Waals surface area (Å²) in [5.41, 5.74) is 2.91. The quantitative estimate of drug-likeness (QED) is 0.622. The van der Waals surface area contributed by atoms with Crippen molar-refractivity contribution >= 4 is 28.4 Å². The third-order valence-corrected chi connectivity index (χ3v) is 5.78. The van der Waals surface area contributed by atoms with Gasteiger partial charge in [0.15, 0.2) is 0 Å². The molecule has 1 fully saturated rings. The van der Waals surface area contributed by atoms with Gasteiger partial charge in [0.2, 0.25) is 0 Å². The first-order chi connectivity index (χ1) is 14.1. The van der Waals surface area contributed by atoms with Gasteiger partial charge in [-0.05, 0) is 55.7 Å². The molecule has 1 aliphatic heterocycles. The van der Waals surface area contributed by atoms with Gasteiger partial charge in [-0.2, -0.15) is 0 Å². The molecule has 2 heterocycles. The molecule has 1 aliphatic rings. The summed E-state index contributed by atoms with van der Waals surface area (Å²) in [6, 6.07) is 13.9. The third-order valence-electron chi connectivity index (χ3n) is 5.46.